The third-order valence-electron chi connectivity index (χ3n) is 5.45. The molecule has 0 heterocycles. The van der Waals surface area contributed by atoms with E-state index in [4.69, 9.17) is 22.3 Å². The van der Waals surface area contributed by atoms with Crippen molar-refractivity contribution in [2.45, 2.75) is 63.7 Å². The summed E-state index contributed by atoms with van der Waals surface area (Å²) in [4.78, 5) is 64.9. The second-order valence-electron chi connectivity index (χ2n) is 9.03. The lowest BCUT2D eigenvalue weighted by molar-refractivity contribution is -0.147. The van der Waals surface area contributed by atoms with Gasteiger partial charge in [-0.15, -0.1) is 0 Å². The number of rotatable bonds is 16. The zero-order chi connectivity index (χ0) is 28.8. The summed E-state index contributed by atoms with van der Waals surface area (Å²) < 4.78 is 0. The molecule has 14 nitrogen and oxygen atoms in total. The molecule has 1 aromatic carbocycles. The molecule has 0 aromatic heterocycles. The first-order valence-corrected chi connectivity index (χ1v) is 12.0. The van der Waals surface area contributed by atoms with Gasteiger partial charge in [0.2, 0.25) is 17.7 Å². The lowest BCUT2D eigenvalue weighted by atomic mass is 10.0. The SMILES string of the molecule is CC(C)C(NC(=O)C(CCCN=C(N)N)NC(=O)C(N)Cc1ccccc1)C(=O)NC(CC(=O)O)C(=O)O. The number of carboxylic acids is 2. The zero-order valence-corrected chi connectivity index (χ0v) is 21.4. The molecule has 4 atom stereocenters. The number of carbonyl (C=O) groups excluding carboxylic acids is 3. The molecule has 0 spiro atoms. The van der Waals surface area contributed by atoms with Gasteiger partial charge >= 0.3 is 11.9 Å². The topological polar surface area (TPSA) is 252 Å². The molecule has 0 radical (unpaired) electrons. The molecule has 14 heteroatoms. The fourth-order valence-corrected chi connectivity index (χ4v) is 3.44. The highest BCUT2D eigenvalue weighted by atomic mass is 16.4. The van der Waals surface area contributed by atoms with Crippen LogP contribution in [-0.4, -0.2) is 76.5 Å². The van der Waals surface area contributed by atoms with Crippen LogP contribution in [0, 0.1) is 5.92 Å². The predicted molar refractivity (Wildman–Crippen MR) is 139 cm³/mol. The van der Waals surface area contributed by atoms with E-state index in [0.717, 1.165) is 5.56 Å². The highest BCUT2D eigenvalue weighted by molar-refractivity contribution is 5.94. The minimum Gasteiger partial charge on any atom is -0.481 e. The first-order chi connectivity index (χ1) is 17.8. The summed E-state index contributed by atoms with van der Waals surface area (Å²) in [6.45, 7) is 3.40. The average molecular weight is 536 g/mol. The number of nitrogens with zero attached hydrogens (tertiary/aromatic N) is 1. The second-order valence-corrected chi connectivity index (χ2v) is 9.03. The Morgan fingerprint density at radius 2 is 1.50 bits per heavy atom. The molecule has 210 valence electrons. The molecule has 3 amide bonds. The van der Waals surface area contributed by atoms with Crippen LogP contribution in [0.4, 0.5) is 0 Å². The van der Waals surface area contributed by atoms with Gasteiger partial charge < -0.3 is 43.4 Å². The Morgan fingerprint density at radius 3 is 2.03 bits per heavy atom. The quantitative estimate of drug-likeness (QED) is 0.0675. The predicted octanol–water partition coefficient (Wildman–Crippen LogP) is -1.72. The summed E-state index contributed by atoms with van der Waals surface area (Å²) in [5.41, 5.74) is 17.5. The number of aliphatic imine (C=N–C) groups is 1. The first kappa shape index (κ1) is 31.8. The second kappa shape index (κ2) is 15.8. The van der Waals surface area contributed by atoms with Crippen molar-refractivity contribution < 1.29 is 34.2 Å². The Labute approximate surface area is 220 Å². The van der Waals surface area contributed by atoms with E-state index in [1.165, 1.54) is 0 Å². The summed E-state index contributed by atoms with van der Waals surface area (Å²) in [7, 11) is 0. The summed E-state index contributed by atoms with van der Waals surface area (Å²) in [5.74, 6) is -5.77. The zero-order valence-electron chi connectivity index (χ0n) is 21.4. The maximum atomic E-state index is 13.2. The van der Waals surface area contributed by atoms with Crippen molar-refractivity contribution in [3.8, 4) is 0 Å². The Balaban J connectivity index is 3.00. The molecule has 0 aliphatic heterocycles. The fourth-order valence-electron chi connectivity index (χ4n) is 3.44. The number of carboxylic acid groups (broad SMARTS) is 2. The van der Waals surface area contributed by atoms with Gasteiger partial charge in [0.1, 0.15) is 18.1 Å². The summed E-state index contributed by atoms with van der Waals surface area (Å²) >= 11 is 0. The van der Waals surface area contributed by atoms with Gasteiger partial charge in [-0.2, -0.15) is 0 Å². The molecule has 11 N–H and O–H groups in total. The van der Waals surface area contributed by atoms with E-state index in [2.05, 4.69) is 20.9 Å². The summed E-state index contributed by atoms with van der Waals surface area (Å²) in [6, 6.07) is 4.10. The standard InChI is InChI=1S/C24H37N7O7/c1-13(2)19(22(36)30-17(23(37)38)12-18(32)33)31-21(35)16(9-6-10-28-24(26)27)29-20(34)15(25)11-14-7-4-3-5-8-14/h3-5,7-8,13,15-17,19H,6,9-12,25H2,1-2H3,(H,29,34)(H,30,36)(H,31,35)(H,32,33)(H,37,38)(H4,26,27,28). The molecule has 0 aliphatic carbocycles. The van der Waals surface area contributed by atoms with Crippen molar-refractivity contribution in [1.29, 1.82) is 0 Å². The number of nitrogens with one attached hydrogen (secondary N) is 3. The van der Waals surface area contributed by atoms with Crippen LogP contribution in [0.1, 0.15) is 38.7 Å². The van der Waals surface area contributed by atoms with Crippen LogP contribution in [0.3, 0.4) is 0 Å². The smallest absolute Gasteiger partial charge is 0.326 e. The fraction of sp³-hybridized carbons (Fsp3) is 0.500. The van der Waals surface area contributed by atoms with E-state index in [9.17, 15) is 29.1 Å². The number of benzene rings is 1. The average Bonchev–Trinajstić information content (AvgIpc) is 2.83. The Hall–Kier alpha value is -4.20. The number of hydrogen-bond donors (Lipinski definition) is 8. The van der Waals surface area contributed by atoms with Gasteiger partial charge in [0.25, 0.3) is 0 Å². The molecule has 0 aliphatic rings. The number of nitrogens with two attached hydrogens (primary N) is 3. The van der Waals surface area contributed by atoms with Gasteiger partial charge in [-0.25, -0.2) is 4.79 Å². The van der Waals surface area contributed by atoms with Crippen LogP contribution in [0.15, 0.2) is 35.3 Å². The van der Waals surface area contributed by atoms with Gasteiger partial charge in [-0.3, -0.25) is 24.2 Å². The molecule has 4 unspecified atom stereocenters. The van der Waals surface area contributed by atoms with Crippen molar-refractivity contribution in [1.82, 2.24) is 16.0 Å². The van der Waals surface area contributed by atoms with Crippen LogP contribution < -0.4 is 33.2 Å². The summed E-state index contributed by atoms with van der Waals surface area (Å²) in [5, 5.41) is 25.4. The monoisotopic (exact) mass is 535 g/mol. The van der Waals surface area contributed by atoms with E-state index < -0.39 is 66.2 Å². The van der Waals surface area contributed by atoms with E-state index >= 15 is 0 Å². The van der Waals surface area contributed by atoms with E-state index in [0.29, 0.717) is 6.42 Å². The summed E-state index contributed by atoms with van der Waals surface area (Å²) in [6.07, 6.45) is -0.202. The van der Waals surface area contributed by atoms with Crippen molar-refractivity contribution in [2.24, 2.45) is 28.1 Å². The number of amides is 3. The molecule has 1 rings (SSSR count). The van der Waals surface area contributed by atoms with Crippen molar-refractivity contribution in [2.75, 3.05) is 6.54 Å². The molecular weight excluding hydrogens is 498 g/mol. The molecular formula is C24H37N7O7. The molecule has 0 fully saturated rings. The first-order valence-electron chi connectivity index (χ1n) is 12.0. The van der Waals surface area contributed by atoms with E-state index in [-0.39, 0.29) is 25.3 Å². The van der Waals surface area contributed by atoms with Crippen molar-refractivity contribution >= 4 is 35.6 Å². The number of carbonyl (C=O) groups is 5. The largest absolute Gasteiger partial charge is 0.481 e. The van der Waals surface area contributed by atoms with E-state index in [1.807, 2.05) is 30.3 Å². The highest BCUT2D eigenvalue weighted by Crippen LogP contribution is 2.08. The molecule has 1 aromatic rings. The lowest BCUT2D eigenvalue weighted by Gasteiger charge is -2.27. The van der Waals surface area contributed by atoms with Gasteiger partial charge in [0, 0.05) is 6.54 Å². The maximum Gasteiger partial charge on any atom is 0.326 e. The third kappa shape index (κ3) is 11.7. The van der Waals surface area contributed by atoms with Crippen LogP contribution in [-0.2, 0) is 30.4 Å². The number of aliphatic carboxylic acids is 2. The Morgan fingerprint density at radius 1 is 0.895 bits per heavy atom. The van der Waals surface area contributed by atoms with Crippen molar-refractivity contribution in [3.05, 3.63) is 35.9 Å². The van der Waals surface area contributed by atoms with Crippen LogP contribution in [0.5, 0.6) is 0 Å². The maximum absolute atomic E-state index is 13.2. The lowest BCUT2D eigenvalue weighted by Crippen LogP contribution is -2.58. The molecule has 0 saturated carbocycles. The molecule has 38 heavy (non-hydrogen) atoms. The molecule has 0 saturated heterocycles. The van der Waals surface area contributed by atoms with Crippen LogP contribution in [0.25, 0.3) is 0 Å². The minimum atomic E-state index is -1.69. The van der Waals surface area contributed by atoms with Crippen LogP contribution >= 0.6 is 0 Å². The number of guanidine groups is 1. The Kier molecular flexibility index (Phi) is 13.2. The van der Waals surface area contributed by atoms with E-state index in [1.54, 1.807) is 13.8 Å². The molecule has 0 bridgehead atoms. The number of hydrogen-bond acceptors (Lipinski definition) is 7. The minimum absolute atomic E-state index is 0.107. The van der Waals surface area contributed by atoms with Crippen molar-refractivity contribution in [3.63, 3.8) is 0 Å². The van der Waals surface area contributed by atoms with Gasteiger partial charge in [0.05, 0.1) is 12.5 Å². The Bertz CT molecular complexity index is 997. The van der Waals surface area contributed by atoms with Gasteiger partial charge in [0.15, 0.2) is 5.96 Å². The third-order valence-corrected chi connectivity index (χ3v) is 5.45. The van der Waals surface area contributed by atoms with Gasteiger partial charge in [-0.05, 0) is 30.7 Å². The van der Waals surface area contributed by atoms with Gasteiger partial charge in [-0.1, -0.05) is 44.2 Å². The van der Waals surface area contributed by atoms with Crippen LogP contribution in [0.2, 0.25) is 0 Å². The normalized spacial score (nSPS) is 13.9. The highest BCUT2D eigenvalue weighted by Gasteiger charge is 2.32.